The number of aromatic nitrogens is 2. The Hall–Kier alpha value is -2.01. The third-order valence-corrected chi connectivity index (χ3v) is 4.60. The van der Waals surface area contributed by atoms with Gasteiger partial charge < -0.3 is 9.47 Å². The molecule has 3 rings (SSSR count). The van der Waals surface area contributed by atoms with E-state index in [0.29, 0.717) is 12.5 Å². The zero-order valence-electron chi connectivity index (χ0n) is 13.9. The molecule has 1 aromatic carbocycles. The van der Waals surface area contributed by atoms with Gasteiger partial charge in [0.05, 0.1) is 7.11 Å². The summed E-state index contributed by atoms with van der Waals surface area (Å²) in [5.41, 5.74) is 1.36. The molecule has 0 spiro atoms. The van der Waals surface area contributed by atoms with Gasteiger partial charge in [-0.2, -0.15) is 5.10 Å². The van der Waals surface area contributed by atoms with Crippen molar-refractivity contribution in [3.05, 3.63) is 42.2 Å². The minimum Gasteiger partial charge on any atom is -0.493 e. The van der Waals surface area contributed by atoms with Crippen molar-refractivity contribution in [2.75, 3.05) is 33.4 Å². The molecular weight excluding hydrogens is 290 g/mol. The molecule has 0 saturated carbocycles. The molecule has 0 atom stereocenters. The van der Waals surface area contributed by atoms with Crippen molar-refractivity contribution < 1.29 is 9.47 Å². The molecule has 23 heavy (non-hydrogen) atoms. The molecule has 0 unspecified atom stereocenters. The Morgan fingerprint density at radius 3 is 2.52 bits per heavy atom. The van der Waals surface area contributed by atoms with Gasteiger partial charge in [0.1, 0.15) is 6.61 Å². The Bertz CT molecular complexity index is 618. The highest BCUT2D eigenvalue weighted by atomic mass is 16.5. The molecule has 1 aromatic heterocycles. The molecule has 0 amide bonds. The molecule has 1 fully saturated rings. The maximum atomic E-state index is 5.87. The quantitative estimate of drug-likeness (QED) is 0.822. The van der Waals surface area contributed by atoms with E-state index >= 15 is 0 Å². The van der Waals surface area contributed by atoms with Gasteiger partial charge in [-0.15, -0.1) is 0 Å². The van der Waals surface area contributed by atoms with Crippen LogP contribution in [0.15, 0.2) is 36.5 Å². The van der Waals surface area contributed by atoms with E-state index in [1.807, 2.05) is 42.2 Å². The van der Waals surface area contributed by atoms with Crippen LogP contribution in [0, 0.1) is 0 Å². The van der Waals surface area contributed by atoms with Crippen LogP contribution in [-0.2, 0) is 7.05 Å². The Morgan fingerprint density at radius 1 is 1.13 bits per heavy atom. The number of piperidine rings is 1. The number of benzene rings is 1. The topological polar surface area (TPSA) is 39.5 Å². The maximum absolute atomic E-state index is 5.87. The van der Waals surface area contributed by atoms with E-state index in [9.17, 15) is 0 Å². The lowest BCUT2D eigenvalue weighted by Gasteiger charge is -2.31. The second-order valence-electron chi connectivity index (χ2n) is 5.99. The normalized spacial score (nSPS) is 16.4. The Kier molecular flexibility index (Phi) is 5.18. The van der Waals surface area contributed by atoms with Crippen LogP contribution in [0.5, 0.6) is 11.5 Å². The number of hydrogen-bond donors (Lipinski definition) is 0. The van der Waals surface area contributed by atoms with Gasteiger partial charge >= 0.3 is 0 Å². The molecule has 2 heterocycles. The standard InChI is InChI=1S/C18H25N3O2/c1-20-16(7-10-19-20)15-8-11-21(12-9-15)13-14-23-18-6-4-3-5-17(18)22-2/h3-7,10,15H,8-9,11-14H2,1-2H3. The molecular formula is C18H25N3O2. The molecule has 1 aliphatic rings. The molecule has 0 N–H and O–H groups in total. The average molecular weight is 315 g/mol. The van der Waals surface area contributed by atoms with Gasteiger partial charge in [0, 0.05) is 31.4 Å². The van der Waals surface area contributed by atoms with Crippen molar-refractivity contribution in [3.8, 4) is 11.5 Å². The van der Waals surface area contributed by atoms with Gasteiger partial charge in [-0.3, -0.25) is 9.58 Å². The predicted molar refractivity (Wildman–Crippen MR) is 90.1 cm³/mol. The number of nitrogens with zero attached hydrogens (tertiary/aromatic N) is 3. The van der Waals surface area contributed by atoms with Crippen molar-refractivity contribution in [2.45, 2.75) is 18.8 Å². The summed E-state index contributed by atoms with van der Waals surface area (Å²) < 4.78 is 13.2. The lowest BCUT2D eigenvalue weighted by atomic mass is 9.93. The Labute approximate surface area is 137 Å². The fourth-order valence-electron chi connectivity index (χ4n) is 3.26. The summed E-state index contributed by atoms with van der Waals surface area (Å²) in [6, 6.07) is 9.94. The second-order valence-corrected chi connectivity index (χ2v) is 5.99. The van der Waals surface area contributed by atoms with Crippen LogP contribution >= 0.6 is 0 Å². The van der Waals surface area contributed by atoms with Crippen molar-refractivity contribution in [3.63, 3.8) is 0 Å². The highest BCUT2D eigenvalue weighted by Crippen LogP contribution is 2.28. The van der Waals surface area contributed by atoms with Crippen LogP contribution in [0.2, 0.25) is 0 Å². The second kappa shape index (κ2) is 7.51. The fourth-order valence-corrected chi connectivity index (χ4v) is 3.26. The largest absolute Gasteiger partial charge is 0.493 e. The zero-order chi connectivity index (χ0) is 16.1. The van der Waals surface area contributed by atoms with E-state index in [-0.39, 0.29) is 0 Å². The van der Waals surface area contributed by atoms with Gasteiger partial charge in [0.2, 0.25) is 0 Å². The molecule has 1 aliphatic heterocycles. The van der Waals surface area contributed by atoms with E-state index in [1.165, 1.54) is 18.5 Å². The van der Waals surface area contributed by atoms with E-state index in [0.717, 1.165) is 31.1 Å². The van der Waals surface area contributed by atoms with Crippen molar-refractivity contribution >= 4 is 0 Å². The first-order chi connectivity index (χ1) is 11.3. The summed E-state index contributed by atoms with van der Waals surface area (Å²) in [7, 11) is 3.70. The summed E-state index contributed by atoms with van der Waals surface area (Å²) in [5, 5.41) is 4.28. The smallest absolute Gasteiger partial charge is 0.161 e. The number of methoxy groups -OCH3 is 1. The molecule has 5 heteroatoms. The summed E-state index contributed by atoms with van der Waals surface area (Å²) >= 11 is 0. The number of aryl methyl sites for hydroxylation is 1. The highest BCUT2D eigenvalue weighted by Gasteiger charge is 2.22. The van der Waals surface area contributed by atoms with Gasteiger partial charge in [-0.25, -0.2) is 0 Å². The molecule has 1 saturated heterocycles. The average Bonchev–Trinajstić information content (AvgIpc) is 3.02. The SMILES string of the molecule is COc1ccccc1OCCN1CCC(c2ccnn2C)CC1. The molecule has 0 radical (unpaired) electrons. The number of rotatable bonds is 6. The number of likely N-dealkylation sites (tertiary alicyclic amines) is 1. The van der Waals surface area contributed by atoms with Gasteiger partial charge in [-0.1, -0.05) is 12.1 Å². The molecule has 5 nitrogen and oxygen atoms in total. The summed E-state index contributed by atoms with van der Waals surface area (Å²) in [5.74, 6) is 2.25. The minimum absolute atomic E-state index is 0.633. The lowest BCUT2D eigenvalue weighted by molar-refractivity contribution is 0.169. The molecule has 0 bridgehead atoms. The summed E-state index contributed by atoms with van der Waals surface area (Å²) in [6.45, 7) is 3.88. The van der Waals surface area contributed by atoms with Crippen LogP contribution in [0.3, 0.4) is 0 Å². The summed E-state index contributed by atoms with van der Waals surface area (Å²) in [6.07, 6.45) is 4.27. The monoisotopic (exact) mass is 315 g/mol. The number of para-hydroxylation sites is 2. The molecule has 2 aromatic rings. The third-order valence-electron chi connectivity index (χ3n) is 4.60. The summed E-state index contributed by atoms with van der Waals surface area (Å²) in [4.78, 5) is 2.47. The van der Waals surface area contributed by atoms with Crippen LogP contribution in [-0.4, -0.2) is 48.0 Å². The highest BCUT2D eigenvalue weighted by molar-refractivity contribution is 5.39. The van der Waals surface area contributed by atoms with Crippen LogP contribution < -0.4 is 9.47 Å². The number of hydrogen-bond acceptors (Lipinski definition) is 4. The van der Waals surface area contributed by atoms with Crippen LogP contribution in [0.1, 0.15) is 24.5 Å². The first-order valence-corrected chi connectivity index (χ1v) is 8.24. The predicted octanol–water partition coefficient (Wildman–Crippen LogP) is 2.69. The maximum Gasteiger partial charge on any atom is 0.161 e. The minimum atomic E-state index is 0.633. The van der Waals surface area contributed by atoms with Crippen LogP contribution in [0.25, 0.3) is 0 Å². The Balaban J connectivity index is 1.44. The lowest BCUT2D eigenvalue weighted by Crippen LogP contribution is -2.36. The first kappa shape index (κ1) is 15.9. The van der Waals surface area contributed by atoms with E-state index in [1.54, 1.807) is 7.11 Å². The van der Waals surface area contributed by atoms with E-state index < -0.39 is 0 Å². The van der Waals surface area contributed by atoms with Gasteiger partial charge in [-0.05, 0) is 44.1 Å². The molecule has 0 aliphatic carbocycles. The van der Waals surface area contributed by atoms with Gasteiger partial charge in [0.15, 0.2) is 11.5 Å². The van der Waals surface area contributed by atoms with Gasteiger partial charge in [0.25, 0.3) is 0 Å². The van der Waals surface area contributed by atoms with E-state index in [4.69, 9.17) is 9.47 Å². The molecule has 124 valence electrons. The third kappa shape index (κ3) is 3.85. The van der Waals surface area contributed by atoms with Crippen LogP contribution in [0.4, 0.5) is 0 Å². The van der Waals surface area contributed by atoms with Crippen molar-refractivity contribution in [2.24, 2.45) is 7.05 Å². The van der Waals surface area contributed by atoms with Crippen molar-refractivity contribution in [1.29, 1.82) is 0 Å². The van der Waals surface area contributed by atoms with Crippen molar-refractivity contribution in [1.82, 2.24) is 14.7 Å². The fraction of sp³-hybridized carbons (Fsp3) is 0.500. The number of ether oxygens (including phenoxy) is 2. The first-order valence-electron chi connectivity index (χ1n) is 8.24. The van der Waals surface area contributed by atoms with E-state index in [2.05, 4.69) is 16.1 Å². The Morgan fingerprint density at radius 2 is 1.87 bits per heavy atom. The zero-order valence-corrected chi connectivity index (χ0v) is 13.9.